The first kappa shape index (κ1) is 20.3. The predicted octanol–water partition coefficient (Wildman–Crippen LogP) is 4.11. The third-order valence-electron chi connectivity index (χ3n) is 4.69. The van der Waals surface area contributed by atoms with Gasteiger partial charge in [-0.1, -0.05) is 24.3 Å². The number of carbonyl (C=O) groups is 2. The largest absolute Gasteiger partial charge is 0.497 e. The number of benzene rings is 3. The number of esters is 1. The highest BCUT2D eigenvalue weighted by Gasteiger charge is 2.15. The van der Waals surface area contributed by atoms with Gasteiger partial charge in [-0.25, -0.2) is 9.18 Å². The highest BCUT2D eigenvalue weighted by molar-refractivity contribution is 5.91. The zero-order valence-corrected chi connectivity index (χ0v) is 16.6. The van der Waals surface area contributed by atoms with Gasteiger partial charge >= 0.3 is 5.97 Å². The van der Waals surface area contributed by atoms with Crippen LogP contribution in [0, 0.1) is 12.7 Å². The van der Waals surface area contributed by atoms with Gasteiger partial charge < -0.3 is 14.4 Å². The van der Waals surface area contributed by atoms with Crippen LogP contribution in [0.1, 0.15) is 21.5 Å². The van der Waals surface area contributed by atoms with E-state index in [9.17, 15) is 14.0 Å². The molecule has 0 aliphatic heterocycles. The Morgan fingerprint density at radius 2 is 1.72 bits per heavy atom. The van der Waals surface area contributed by atoms with Crippen molar-refractivity contribution in [1.82, 2.24) is 4.90 Å². The van der Waals surface area contributed by atoms with Crippen LogP contribution >= 0.6 is 0 Å². The topological polar surface area (TPSA) is 55.8 Å². The minimum Gasteiger partial charge on any atom is -0.497 e. The summed E-state index contributed by atoms with van der Waals surface area (Å²) in [6, 6.07) is 15.8. The van der Waals surface area contributed by atoms with E-state index in [1.54, 1.807) is 21.1 Å². The zero-order valence-electron chi connectivity index (χ0n) is 16.6. The minimum atomic E-state index is -0.731. The first-order valence-electron chi connectivity index (χ1n) is 9.11. The SMILES string of the molecule is COc1ccc2cc(CN(C)C(=O)COC(=O)c3ccc(C)c(F)c3)ccc2c1. The van der Waals surface area contributed by atoms with Gasteiger partial charge in [0.05, 0.1) is 12.7 Å². The molecule has 0 atom stereocenters. The number of likely N-dealkylation sites (N-methyl/N-ethyl adjacent to an activating group) is 1. The van der Waals surface area contributed by atoms with E-state index < -0.39 is 18.4 Å². The van der Waals surface area contributed by atoms with Crippen molar-refractivity contribution in [2.45, 2.75) is 13.5 Å². The number of hydrogen-bond acceptors (Lipinski definition) is 4. The van der Waals surface area contributed by atoms with Crippen LogP contribution in [0.25, 0.3) is 10.8 Å². The molecule has 0 saturated heterocycles. The molecule has 150 valence electrons. The fraction of sp³-hybridized carbons (Fsp3) is 0.217. The van der Waals surface area contributed by atoms with Crippen molar-refractivity contribution >= 4 is 22.6 Å². The van der Waals surface area contributed by atoms with Crippen LogP contribution in [0.15, 0.2) is 54.6 Å². The second-order valence-electron chi connectivity index (χ2n) is 6.84. The maximum atomic E-state index is 13.6. The smallest absolute Gasteiger partial charge is 0.338 e. The van der Waals surface area contributed by atoms with Gasteiger partial charge in [-0.2, -0.15) is 0 Å². The van der Waals surface area contributed by atoms with Gasteiger partial charge in [0.15, 0.2) is 6.61 Å². The molecule has 3 aromatic rings. The molecule has 0 bridgehead atoms. The van der Waals surface area contributed by atoms with Crippen molar-refractivity contribution in [3.8, 4) is 5.75 Å². The second-order valence-corrected chi connectivity index (χ2v) is 6.84. The summed E-state index contributed by atoms with van der Waals surface area (Å²) >= 11 is 0. The molecule has 0 saturated carbocycles. The summed E-state index contributed by atoms with van der Waals surface area (Å²) in [5.41, 5.74) is 1.46. The molecule has 0 unspecified atom stereocenters. The van der Waals surface area contributed by atoms with Gasteiger partial charge in [0.25, 0.3) is 5.91 Å². The number of fused-ring (bicyclic) bond motifs is 1. The van der Waals surface area contributed by atoms with Crippen LogP contribution in [-0.4, -0.2) is 37.5 Å². The highest BCUT2D eigenvalue weighted by Crippen LogP contribution is 2.22. The van der Waals surface area contributed by atoms with Crippen molar-refractivity contribution in [2.24, 2.45) is 0 Å². The first-order valence-corrected chi connectivity index (χ1v) is 9.11. The van der Waals surface area contributed by atoms with E-state index in [1.165, 1.54) is 17.0 Å². The molecular weight excluding hydrogens is 373 g/mol. The average Bonchev–Trinajstić information content (AvgIpc) is 2.73. The maximum absolute atomic E-state index is 13.6. The number of aryl methyl sites for hydroxylation is 1. The van der Waals surface area contributed by atoms with Crippen molar-refractivity contribution in [2.75, 3.05) is 20.8 Å². The molecule has 29 heavy (non-hydrogen) atoms. The minimum absolute atomic E-state index is 0.0773. The van der Waals surface area contributed by atoms with E-state index >= 15 is 0 Å². The van der Waals surface area contributed by atoms with Gasteiger partial charge in [-0.05, 0) is 59.2 Å². The van der Waals surface area contributed by atoms with Gasteiger partial charge in [-0.3, -0.25) is 4.79 Å². The van der Waals surface area contributed by atoms with Crippen LogP contribution in [0.5, 0.6) is 5.75 Å². The molecule has 0 N–H and O–H groups in total. The normalized spacial score (nSPS) is 10.6. The molecular formula is C23H22FNO4. The van der Waals surface area contributed by atoms with Crippen LogP contribution in [-0.2, 0) is 16.1 Å². The molecule has 3 rings (SSSR count). The van der Waals surface area contributed by atoms with Gasteiger partial charge in [-0.15, -0.1) is 0 Å². The van der Waals surface area contributed by atoms with E-state index in [4.69, 9.17) is 9.47 Å². The maximum Gasteiger partial charge on any atom is 0.338 e. The summed E-state index contributed by atoms with van der Waals surface area (Å²) in [5.74, 6) is -0.782. The predicted molar refractivity (Wildman–Crippen MR) is 108 cm³/mol. The number of methoxy groups -OCH3 is 1. The van der Waals surface area contributed by atoms with Crippen LogP contribution in [0.2, 0.25) is 0 Å². The third kappa shape index (κ3) is 4.90. The number of amides is 1. The van der Waals surface area contributed by atoms with Crippen molar-refractivity contribution in [3.05, 3.63) is 77.1 Å². The van der Waals surface area contributed by atoms with Crippen LogP contribution in [0.4, 0.5) is 4.39 Å². The zero-order chi connectivity index (χ0) is 21.0. The van der Waals surface area contributed by atoms with E-state index in [0.29, 0.717) is 12.1 Å². The molecule has 0 aliphatic rings. The number of carbonyl (C=O) groups excluding carboxylic acids is 2. The third-order valence-corrected chi connectivity index (χ3v) is 4.69. The monoisotopic (exact) mass is 395 g/mol. The summed E-state index contributed by atoms with van der Waals surface area (Å²) in [4.78, 5) is 25.8. The summed E-state index contributed by atoms with van der Waals surface area (Å²) in [5, 5.41) is 2.08. The van der Waals surface area contributed by atoms with Crippen LogP contribution in [0.3, 0.4) is 0 Å². The molecule has 3 aromatic carbocycles. The first-order chi connectivity index (χ1) is 13.9. The van der Waals surface area contributed by atoms with Gasteiger partial charge in [0.1, 0.15) is 11.6 Å². The fourth-order valence-electron chi connectivity index (χ4n) is 2.90. The molecule has 5 nitrogen and oxygen atoms in total. The Bertz CT molecular complexity index is 1060. The Balaban J connectivity index is 1.59. The Morgan fingerprint density at radius 3 is 2.45 bits per heavy atom. The fourth-order valence-corrected chi connectivity index (χ4v) is 2.90. The number of nitrogens with zero attached hydrogens (tertiary/aromatic N) is 1. The molecule has 6 heteroatoms. The number of ether oxygens (including phenoxy) is 2. The Morgan fingerprint density at radius 1 is 1.00 bits per heavy atom. The highest BCUT2D eigenvalue weighted by atomic mass is 19.1. The Labute approximate surface area is 168 Å². The van der Waals surface area contributed by atoms with E-state index in [1.807, 2.05) is 36.4 Å². The molecule has 0 radical (unpaired) electrons. The van der Waals surface area contributed by atoms with Gasteiger partial charge in [0, 0.05) is 13.6 Å². The van der Waals surface area contributed by atoms with E-state index in [2.05, 4.69) is 0 Å². The molecule has 0 heterocycles. The lowest BCUT2D eigenvalue weighted by Gasteiger charge is -2.17. The molecule has 0 spiro atoms. The lowest BCUT2D eigenvalue weighted by molar-refractivity contribution is -0.133. The Hall–Kier alpha value is -3.41. The second kappa shape index (κ2) is 8.73. The van der Waals surface area contributed by atoms with Crippen molar-refractivity contribution < 1.29 is 23.5 Å². The Kier molecular flexibility index (Phi) is 6.12. The molecule has 0 aliphatic carbocycles. The standard InChI is InChI=1S/C23H22FNO4/c1-15-4-6-19(12-21(15)24)23(27)29-14-22(26)25(2)13-16-5-7-18-11-20(28-3)9-8-17(18)10-16/h4-12H,13-14H2,1-3H3. The number of hydrogen-bond donors (Lipinski definition) is 0. The van der Waals surface area contributed by atoms with Gasteiger partial charge in [0.2, 0.25) is 0 Å². The number of rotatable bonds is 6. The van der Waals surface area contributed by atoms with Crippen molar-refractivity contribution in [3.63, 3.8) is 0 Å². The molecule has 0 fully saturated rings. The van der Waals surface area contributed by atoms with E-state index in [-0.39, 0.29) is 11.5 Å². The van der Waals surface area contributed by atoms with E-state index in [0.717, 1.165) is 28.2 Å². The number of halogens is 1. The summed E-state index contributed by atoms with van der Waals surface area (Å²) in [6.45, 7) is 1.57. The summed E-state index contributed by atoms with van der Waals surface area (Å²) < 4.78 is 23.8. The quantitative estimate of drug-likeness (QED) is 0.590. The lowest BCUT2D eigenvalue weighted by Crippen LogP contribution is -2.30. The summed E-state index contributed by atoms with van der Waals surface area (Å²) in [6.07, 6.45) is 0. The van der Waals surface area contributed by atoms with Crippen molar-refractivity contribution in [1.29, 1.82) is 0 Å². The average molecular weight is 395 g/mol. The van der Waals surface area contributed by atoms with Crippen LogP contribution < -0.4 is 4.74 Å². The lowest BCUT2D eigenvalue weighted by atomic mass is 10.1. The molecule has 0 aromatic heterocycles. The summed E-state index contributed by atoms with van der Waals surface area (Å²) in [7, 11) is 3.26. The molecule has 1 amide bonds.